The summed E-state index contributed by atoms with van der Waals surface area (Å²) in [5.74, 6) is -2.47. The fourth-order valence-electron chi connectivity index (χ4n) is 3.67. The number of carbonyl (C=O) groups is 3. The van der Waals surface area contributed by atoms with E-state index in [1.165, 1.54) is 14.0 Å². The molecule has 2 heterocycles. The third-order valence-corrected chi connectivity index (χ3v) is 4.79. The molecule has 0 saturated carbocycles. The summed E-state index contributed by atoms with van der Waals surface area (Å²) >= 11 is 0. The fraction of sp³-hybridized carbons (Fsp3) is 0.263. The molecule has 0 radical (unpaired) electrons. The number of anilines is 1. The molecule has 9 nitrogen and oxygen atoms in total. The van der Waals surface area contributed by atoms with E-state index in [1.807, 2.05) is 6.07 Å². The summed E-state index contributed by atoms with van der Waals surface area (Å²) in [7, 11) is 2.35. The van der Waals surface area contributed by atoms with Crippen LogP contribution in [0.4, 0.5) is 5.69 Å². The van der Waals surface area contributed by atoms with E-state index in [4.69, 9.17) is 15.2 Å². The van der Waals surface area contributed by atoms with Gasteiger partial charge in [0, 0.05) is 11.3 Å². The quantitative estimate of drug-likeness (QED) is 0.751. The van der Waals surface area contributed by atoms with Gasteiger partial charge in [-0.05, 0) is 13.0 Å². The minimum atomic E-state index is -1.88. The molecule has 0 fully saturated rings. The van der Waals surface area contributed by atoms with Crippen molar-refractivity contribution in [1.29, 1.82) is 5.26 Å². The molecule has 144 valence electrons. The Morgan fingerprint density at radius 3 is 2.57 bits per heavy atom. The molecule has 1 spiro atoms. The van der Waals surface area contributed by atoms with Gasteiger partial charge in [-0.25, -0.2) is 4.79 Å². The molecule has 0 unspecified atom stereocenters. The second-order valence-corrected chi connectivity index (χ2v) is 6.11. The molecule has 1 amide bonds. The van der Waals surface area contributed by atoms with Crippen molar-refractivity contribution >= 4 is 23.5 Å². The summed E-state index contributed by atoms with van der Waals surface area (Å²) in [4.78, 5) is 39.4. The molecule has 0 bridgehead atoms. The average molecular weight is 383 g/mol. The molecule has 2 aliphatic rings. The Morgan fingerprint density at radius 1 is 1.29 bits per heavy atom. The highest BCUT2D eigenvalue weighted by molar-refractivity contribution is 6.19. The normalized spacial score (nSPS) is 20.6. The topological polar surface area (TPSA) is 132 Å². The summed E-state index contributed by atoms with van der Waals surface area (Å²) in [6.07, 6.45) is 0. The summed E-state index contributed by atoms with van der Waals surface area (Å²) in [6, 6.07) is 8.42. The van der Waals surface area contributed by atoms with Gasteiger partial charge in [-0.3, -0.25) is 14.5 Å². The Balaban J connectivity index is 2.39. The molecule has 2 aliphatic heterocycles. The standard InChI is InChI=1S/C19H17N3O6/c1-10-15(17(24)27-3)19(12(8-20)16(21)28-10)11-6-4-5-7-13(11)22(18(19)25)9-14(23)26-2/h4-7H,9,21H2,1-3H3/t19-/m0/s1. The van der Waals surface area contributed by atoms with Gasteiger partial charge in [0.1, 0.15) is 29.5 Å². The van der Waals surface area contributed by atoms with Crippen molar-refractivity contribution in [2.24, 2.45) is 5.73 Å². The number of amides is 1. The first-order chi connectivity index (χ1) is 13.3. The van der Waals surface area contributed by atoms with Crippen molar-refractivity contribution in [3.63, 3.8) is 0 Å². The smallest absolute Gasteiger partial charge is 0.339 e. The third kappa shape index (κ3) is 2.35. The van der Waals surface area contributed by atoms with Crippen LogP contribution in [0.15, 0.2) is 47.1 Å². The maximum atomic E-state index is 13.7. The predicted molar refractivity (Wildman–Crippen MR) is 95.1 cm³/mol. The van der Waals surface area contributed by atoms with Crippen LogP contribution in [0.1, 0.15) is 12.5 Å². The number of para-hydroxylation sites is 1. The highest BCUT2D eigenvalue weighted by atomic mass is 16.5. The third-order valence-electron chi connectivity index (χ3n) is 4.79. The van der Waals surface area contributed by atoms with Crippen LogP contribution in [0.2, 0.25) is 0 Å². The molecule has 9 heteroatoms. The second-order valence-electron chi connectivity index (χ2n) is 6.11. The van der Waals surface area contributed by atoms with E-state index in [-0.39, 0.29) is 22.8 Å². The van der Waals surface area contributed by atoms with Gasteiger partial charge >= 0.3 is 11.9 Å². The van der Waals surface area contributed by atoms with Crippen LogP contribution in [-0.2, 0) is 34.0 Å². The maximum absolute atomic E-state index is 13.7. The number of fused-ring (bicyclic) bond motifs is 2. The number of carbonyl (C=O) groups excluding carboxylic acids is 3. The van der Waals surface area contributed by atoms with Crippen molar-refractivity contribution < 1.29 is 28.6 Å². The zero-order chi connectivity index (χ0) is 20.6. The van der Waals surface area contributed by atoms with Crippen LogP contribution in [0.25, 0.3) is 0 Å². The van der Waals surface area contributed by atoms with Crippen molar-refractivity contribution in [2.75, 3.05) is 25.7 Å². The van der Waals surface area contributed by atoms with E-state index in [0.717, 1.165) is 12.0 Å². The lowest BCUT2D eigenvalue weighted by atomic mass is 9.68. The Bertz CT molecular complexity index is 1000. The van der Waals surface area contributed by atoms with Crippen LogP contribution < -0.4 is 10.6 Å². The van der Waals surface area contributed by atoms with Crippen LogP contribution in [0.3, 0.4) is 0 Å². The lowest BCUT2D eigenvalue weighted by Crippen LogP contribution is -2.49. The van der Waals surface area contributed by atoms with Crippen LogP contribution in [0, 0.1) is 11.3 Å². The summed E-state index contributed by atoms with van der Waals surface area (Å²) < 4.78 is 14.9. The largest absolute Gasteiger partial charge is 0.468 e. The second kappa shape index (κ2) is 6.74. The minimum absolute atomic E-state index is 0.0337. The summed E-state index contributed by atoms with van der Waals surface area (Å²) in [6.45, 7) is 1.05. The highest BCUT2D eigenvalue weighted by Crippen LogP contribution is 2.53. The SMILES string of the molecule is COC(=O)CN1C(=O)[C@]2(C(C#N)=C(N)OC(C)=C2C(=O)OC)c2ccccc21. The predicted octanol–water partition coefficient (Wildman–Crippen LogP) is 0.615. The lowest BCUT2D eigenvalue weighted by molar-refractivity contribution is -0.140. The van der Waals surface area contributed by atoms with Crippen molar-refractivity contribution in [2.45, 2.75) is 12.3 Å². The number of methoxy groups -OCH3 is 2. The molecular formula is C19H17N3O6. The van der Waals surface area contributed by atoms with Gasteiger partial charge in [-0.15, -0.1) is 0 Å². The maximum Gasteiger partial charge on any atom is 0.339 e. The van der Waals surface area contributed by atoms with E-state index in [1.54, 1.807) is 24.3 Å². The van der Waals surface area contributed by atoms with Gasteiger partial charge < -0.3 is 19.9 Å². The zero-order valence-electron chi connectivity index (χ0n) is 15.4. The lowest BCUT2D eigenvalue weighted by Gasteiger charge is -2.34. The molecule has 0 saturated heterocycles. The number of nitrogens with two attached hydrogens (primary N) is 1. The molecule has 28 heavy (non-hydrogen) atoms. The number of esters is 2. The number of ether oxygens (including phenoxy) is 3. The molecule has 1 aromatic carbocycles. The van der Waals surface area contributed by atoms with Crippen molar-refractivity contribution in [3.8, 4) is 6.07 Å². The zero-order valence-corrected chi connectivity index (χ0v) is 15.4. The molecule has 1 aromatic rings. The fourth-order valence-corrected chi connectivity index (χ4v) is 3.67. The Morgan fingerprint density at radius 2 is 1.96 bits per heavy atom. The van der Waals surface area contributed by atoms with Gasteiger partial charge in [0.05, 0.1) is 14.2 Å². The minimum Gasteiger partial charge on any atom is -0.468 e. The number of benzene rings is 1. The number of nitrogens with zero attached hydrogens (tertiary/aromatic N) is 2. The van der Waals surface area contributed by atoms with Crippen molar-refractivity contribution in [3.05, 3.63) is 52.6 Å². The van der Waals surface area contributed by atoms with E-state index < -0.39 is 29.8 Å². The van der Waals surface area contributed by atoms with Crippen LogP contribution in [0.5, 0.6) is 0 Å². The molecule has 2 N–H and O–H groups in total. The van der Waals surface area contributed by atoms with E-state index in [2.05, 4.69) is 4.74 Å². The number of allylic oxidation sites excluding steroid dienone is 1. The van der Waals surface area contributed by atoms with Crippen LogP contribution in [-0.4, -0.2) is 38.6 Å². The summed E-state index contributed by atoms with van der Waals surface area (Å²) in [5.41, 5.74) is 4.31. The number of nitriles is 1. The van der Waals surface area contributed by atoms with E-state index in [0.29, 0.717) is 11.3 Å². The monoisotopic (exact) mass is 383 g/mol. The van der Waals surface area contributed by atoms with E-state index >= 15 is 0 Å². The van der Waals surface area contributed by atoms with E-state index in [9.17, 15) is 19.6 Å². The molecule has 0 aromatic heterocycles. The van der Waals surface area contributed by atoms with Crippen LogP contribution >= 0.6 is 0 Å². The summed E-state index contributed by atoms with van der Waals surface area (Å²) in [5, 5.41) is 9.80. The van der Waals surface area contributed by atoms with Gasteiger partial charge in [0.15, 0.2) is 5.41 Å². The Kier molecular flexibility index (Phi) is 4.56. The van der Waals surface area contributed by atoms with Crippen molar-refractivity contribution in [1.82, 2.24) is 0 Å². The molecular weight excluding hydrogens is 366 g/mol. The molecule has 3 rings (SSSR count). The van der Waals surface area contributed by atoms with Gasteiger partial charge in [0.2, 0.25) is 11.8 Å². The molecule has 0 aliphatic carbocycles. The first kappa shape index (κ1) is 19.0. The number of rotatable bonds is 3. The van der Waals surface area contributed by atoms with Gasteiger partial charge in [0.25, 0.3) is 0 Å². The highest BCUT2D eigenvalue weighted by Gasteiger charge is 2.62. The Hall–Kier alpha value is -3.80. The van der Waals surface area contributed by atoms with Gasteiger partial charge in [-0.2, -0.15) is 5.26 Å². The number of hydrogen-bond donors (Lipinski definition) is 1. The molecule has 1 atom stereocenters. The first-order valence-electron chi connectivity index (χ1n) is 8.20. The first-order valence-corrected chi connectivity index (χ1v) is 8.20. The Labute approximate surface area is 160 Å². The average Bonchev–Trinajstić information content (AvgIpc) is 2.91. The number of hydrogen-bond acceptors (Lipinski definition) is 8. The van der Waals surface area contributed by atoms with Gasteiger partial charge in [-0.1, -0.05) is 18.2 Å².